The predicted molar refractivity (Wildman–Crippen MR) is 151 cm³/mol. The van der Waals surface area contributed by atoms with E-state index >= 15 is 0 Å². The van der Waals surface area contributed by atoms with Gasteiger partial charge in [0.25, 0.3) is 11.8 Å². The van der Waals surface area contributed by atoms with Crippen LogP contribution in [0, 0.1) is 12.3 Å². The molecule has 1 fully saturated rings. The number of hydrogen-bond donors (Lipinski definition) is 1. The highest BCUT2D eigenvalue weighted by Crippen LogP contribution is 2.37. The van der Waals surface area contributed by atoms with Crippen LogP contribution in [0.4, 0.5) is 10.5 Å². The Bertz CT molecular complexity index is 1530. The lowest BCUT2D eigenvalue weighted by molar-refractivity contribution is -0.122. The molecule has 0 saturated carbocycles. The number of urea groups is 1. The van der Waals surface area contributed by atoms with E-state index in [1.807, 2.05) is 0 Å². The molecule has 11 heteroatoms. The largest absolute Gasteiger partial charge is 0.493 e. The van der Waals surface area contributed by atoms with Crippen LogP contribution >= 0.6 is 39.1 Å². The average Bonchev–Trinajstić information content (AvgIpc) is 2.90. The standard InChI is InChI=1S/C28H19BrCl2N2O6/c1-3-10-38-25-22(29)12-16(13-24(25)37-2)11-21-26(34)32-28(36)33(27(21)35)19-6-8-20(9-7-19)39-15-17-4-5-18(30)14-23(17)31/h1,4-9,11-14H,10,15H2,2H3,(H,32,34,36)/b21-11+. The zero-order valence-electron chi connectivity index (χ0n) is 20.3. The molecule has 0 unspecified atom stereocenters. The third-order valence-corrected chi connectivity index (χ3v) is 6.64. The molecule has 0 aromatic heterocycles. The number of amides is 4. The molecule has 0 spiro atoms. The third kappa shape index (κ3) is 6.37. The number of nitrogens with zero attached hydrogens (tertiary/aromatic N) is 1. The number of methoxy groups -OCH3 is 1. The minimum absolute atomic E-state index is 0.0199. The van der Waals surface area contributed by atoms with Crippen molar-refractivity contribution < 1.29 is 28.6 Å². The Balaban J connectivity index is 1.56. The molecule has 3 aromatic carbocycles. The smallest absolute Gasteiger partial charge is 0.335 e. The first-order valence-electron chi connectivity index (χ1n) is 11.2. The zero-order chi connectivity index (χ0) is 28.1. The number of imide groups is 2. The van der Waals surface area contributed by atoms with Gasteiger partial charge in [-0.25, -0.2) is 9.69 Å². The molecule has 0 bridgehead atoms. The van der Waals surface area contributed by atoms with Crippen LogP contribution in [-0.2, 0) is 16.2 Å². The van der Waals surface area contributed by atoms with Crippen molar-refractivity contribution in [2.24, 2.45) is 0 Å². The van der Waals surface area contributed by atoms with Gasteiger partial charge in [-0.15, -0.1) is 6.42 Å². The molecule has 3 aromatic rings. The van der Waals surface area contributed by atoms with Crippen molar-refractivity contribution in [1.29, 1.82) is 0 Å². The van der Waals surface area contributed by atoms with E-state index < -0.39 is 17.8 Å². The van der Waals surface area contributed by atoms with E-state index in [0.717, 1.165) is 10.5 Å². The first-order chi connectivity index (χ1) is 18.7. The fraction of sp³-hybridized carbons (Fsp3) is 0.107. The summed E-state index contributed by atoms with van der Waals surface area (Å²) in [5, 5.41) is 3.18. The number of terminal acetylenes is 1. The Morgan fingerprint density at radius 3 is 2.46 bits per heavy atom. The maximum absolute atomic E-state index is 13.3. The van der Waals surface area contributed by atoms with Crippen LogP contribution in [0.3, 0.4) is 0 Å². The first-order valence-corrected chi connectivity index (χ1v) is 12.8. The minimum Gasteiger partial charge on any atom is -0.493 e. The summed E-state index contributed by atoms with van der Waals surface area (Å²) in [5.41, 5.74) is 1.18. The molecule has 1 heterocycles. The van der Waals surface area contributed by atoms with E-state index in [1.165, 1.54) is 25.3 Å². The molecule has 39 heavy (non-hydrogen) atoms. The number of hydrogen-bond acceptors (Lipinski definition) is 6. The molecule has 4 rings (SSSR count). The van der Waals surface area contributed by atoms with Gasteiger partial charge in [0.1, 0.15) is 24.5 Å². The van der Waals surface area contributed by atoms with Crippen molar-refractivity contribution in [2.75, 3.05) is 18.6 Å². The minimum atomic E-state index is -0.874. The summed E-state index contributed by atoms with van der Waals surface area (Å²) >= 11 is 15.5. The van der Waals surface area contributed by atoms with Gasteiger partial charge in [0.15, 0.2) is 11.5 Å². The van der Waals surface area contributed by atoms with Crippen LogP contribution in [0.1, 0.15) is 11.1 Å². The van der Waals surface area contributed by atoms with E-state index in [9.17, 15) is 14.4 Å². The molecule has 8 nitrogen and oxygen atoms in total. The summed E-state index contributed by atoms with van der Waals surface area (Å²) in [6.07, 6.45) is 6.61. The lowest BCUT2D eigenvalue weighted by atomic mass is 10.1. The maximum atomic E-state index is 13.3. The highest BCUT2D eigenvalue weighted by atomic mass is 79.9. The molecular weight excluding hydrogens is 611 g/mol. The van der Waals surface area contributed by atoms with Crippen LogP contribution < -0.4 is 24.4 Å². The molecule has 1 aliphatic heterocycles. The SMILES string of the molecule is C#CCOc1c(Br)cc(/C=C2\C(=O)NC(=O)N(c3ccc(OCc4ccc(Cl)cc4Cl)cc3)C2=O)cc1OC. The predicted octanol–water partition coefficient (Wildman–Crippen LogP) is 6.02. The topological polar surface area (TPSA) is 94.2 Å². The summed E-state index contributed by atoms with van der Waals surface area (Å²) in [5.74, 6) is 1.92. The zero-order valence-corrected chi connectivity index (χ0v) is 23.4. The number of barbiturate groups is 1. The van der Waals surface area contributed by atoms with Crippen molar-refractivity contribution in [3.05, 3.63) is 85.8 Å². The Labute approximate surface area is 242 Å². The summed E-state index contributed by atoms with van der Waals surface area (Å²) in [7, 11) is 1.44. The molecule has 1 aliphatic rings. The Morgan fingerprint density at radius 2 is 1.79 bits per heavy atom. The summed E-state index contributed by atoms with van der Waals surface area (Å²) in [6.45, 7) is 0.206. The average molecular weight is 630 g/mol. The molecule has 0 atom stereocenters. The Kier molecular flexibility index (Phi) is 8.82. The normalized spacial score (nSPS) is 14.2. The third-order valence-electron chi connectivity index (χ3n) is 5.47. The van der Waals surface area contributed by atoms with Gasteiger partial charge < -0.3 is 14.2 Å². The van der Waals surface area contributed by atoms with Gasteiger partial charge in [0.05, 0.1) is 17.3 Å². The van der Waals surface area contributed by atoms with E-state index in [4.69, 9.17) is 43.8 Å². The van der Waals surface area contributed by atoms with Gasteiger partial charge in [0.2, 0.25) is 0 Å². The molecule has 0 aliphatic carbocycles. The molecular formula is C28H19BrCl2N2O6. The second-order valence-corrected chi connectivity index (χ2v) is 9.70. The number of benzene rings is 3. The van der Waals surface area contributed by atoms with Crippen LogP contribution in [0.2, 0.25) is 10.0 Å². The summed E-state index contributed by atoms with van der Waals surface area (Å²) < 4.78 is 17.1. The van der Waals surface area contributed by atoms with Crippen LogP contribution in [0.5, 0.6) is 17.2 Å². The number of halogens is 3. The highest BCUT2D eigenvalue weighted by Gasteiger charge is 2.37. The Hall–Kier alpha value is -3.97. The van der Waals surface area contributed by atoms with E-state index in [2.05, 4.69) is 27.2 Å². The lowest BCUT2D eigenvalue weighted by Crippen LogP contribution is -2.54. The van der Waals surface area contributed by atoms with Crippen molar-refractivity contribution in [3.8, 4) is 29.6 Å². The van der Waals surface area contributed by atoms with Crippen molar-refractivity contribution in [3.63, 3.8) is 0 Å². The van der Waals surface area contributed by atoms with Crippen molar-refractivity contribution >= 4 is 68.7 Å². The monoisotopic (exact) mass is 628 g/mol. The van der Waals surface area contributed by atoms with Gasteiger partial charge in [-0.1, -0.05) is 35.2 Å². The van der Waals surface area contributed by atoms with Crippen molar-refractivity contribution in [1.82, 2.24) is 5.32 Å². The van der Waals surface area contributed by atoms with Crippen molar-refractivity contribution in [2.45, 2.75) is 6.61 Å². The number of carbonyl (C=O) groups is 3. The van der Waals surface area contributed by atoms with Crippen LogP contribution in [0.25, 0.3) is 6.08 Å². The van der Waals surface area contributed by atoms with Gasteiger partial charge in [0, 0.05) is 15.6 Å². The molecule has 1 N–H and O–H groups in total. The number of carbonyl (C=O) groups excluding carboxylic acids is 3. The summed E-state index contributed by atoms with van der Waals surface area (Å²) in [4.78, 5) is 39.3. The fourth-order valence-electron chi connectivity index (χ4n) is 3.63. The highest BCUT2D eigenvalue weighted by molar-refractivity contribution is 9.10. The molecule has 4 amide bonds. The summed E-state index contributed by atoms with van der Waals surface area (Å²) in [6, 6.07) is 13.7. The first kappa shape index (κ1) is 28.0. The van der Waals surface area contributed by atoms with Gasteiger partial charge in [-0.3, -0.25) is 14.9 Å². The van der Waals surface area contributed by atoms with E-state index in [-0.39, 0.29) is 24.5 Å². The quantitative estimate of drug-likeness (QED) is 0.186. The van der Waals surface area contributed by atoms with E-state index in [0.29, 0.717) is 37.3 Å². The maximum Gasteiger partial charge on any atom is 0.335 e. The fourth-order valence-corrected chi connectivity index (χ4v) is 4.66. The number of rotatable bonds is 8. The van der Waals surface area contributed by atoms with E-state index in [1.54, 1.807) is 42.5 Å². The van der Waals surface area contributed by atoms with Gasteiger partial charge in [-0.05, 0) is 76.1 Å². The molecule has 1 saturated heterocycles. The van der Waals surface area contributed by atoms with Crippen LogP contribution in [-0.4, -0.2) is 31.6 Å². The molecule has 0 radical (unpaired) electrons. The van der Waals surface area contributed by atoms with Crippen LogP contribution in [0.15, 0.2) is 64.6 Å². The molecule has 198 valence electrons. The second kappa shape index (κ2) is 12.3. The van der Waals surface area contributed by atoms with Gasteiger partial charge >= 0.3 is 6.03 Å². The number of ether oxygens (including phenoxy) is 3. The number of nitrogens with one attached hydrogen (secondary N) is 1. The second-order valence-electron chi connectivity index (χ2n) is 8.00. The lowest BCUT2D eigenvalue weighted by Gasteiger charge is -2.26. The number of anilines is 1. The van der Waals surface area contributed by atoms with Gasteiger partial charge in [-0.2, -0.15) is 0 Å². The Morgan fingerprint density at radius 1 is 1.05 bits per heavy atom.